The SMILES string of the molecule is Cc1c(NC(=O)COc2ccc(-n3ccnc3)cc2)cc(F)c(F)c1F. The second kappa shape index (κ2) is 7.30. The van der Waals surface area contributed by atoms with Crippen molar-refractivity contribution in [2.24, 2.45) is 0 Å². The average Bonchev–Trinajstić information content (AvgIpc) is 3.18. The first-order valence-electron chi connectivity index (χ1n) is 7.61. The highest BCUT2D eigenvalue weighted by Crippen LogP contribution is 2.23. The maximum absolute atomic E-state index is 13.5. The van der Waals surface area contributed by atoms with Gasteiger partial charge in [0.2, 0.25) is 0 Å². The Morgan fingerprint density at radius 1 is 1.19 bits per heavy atom. The van der Waals surface area contributed by atoms with Crippen LogP contribution in [0, 0.1) is 24.4 Å². The summed E-state index contributed by atoms with van der Waals surface area (Å²) in [6, 6.07) is 7.63. The van der Waals surface area contributed by atoms with Gasteiger partial charge in [0.05, 0.1) is 6.33 Å². The molecule has 0 saturated heterocycles. The molecule has 0 aliphatic rings. The Morgan fingerprint density at radius 3 is 2.58 bits per heavy atom. The number of hydrogen-bond acceptors (Lipinski definition) is 3. The van der Waals surface area contributed by atoms with Gasteiger partial charge in [-0.3, -0.25) is 4.79 Å². The normalized spacial score (nSPS) is 10.6. The number of nitrogens with one attached hydrogen (secondary N) is 1. The Hall–Kier alpha value is -3.29. The lowest BCUT2D eigenvalue weighted by atomic mass is 10.1. The van der Waals surface area contributed by atoms with Crippen molar-refractivity contribution < 1.29 is 22.7 Å². The van der Waals surface area contributed by atoms with E-state index in [0.717, 1.165) is 11.8 Å². The molecule has 1 heterocycles. The largest absolute Gasteiger partial charge is 0.484 e. The molecule has 1 N–H and O–H groups in total. The molecule has 8 heteroatoms. The fourth-order valence-corrected chi connectivity index (χ4v) is 2.28. The molecule has 2 aromatic carbocycles. The number of imidazole rings is 1. The first-order chi connectivity index (χ1) is 12.5. The van der Waals surface area contributed by atoms with Crippen LogP contribution in [0.1, 0.15) is 5.56 Å². The van der Waals surface area contributed by atoms with Crippen molar-refractivity contribution in [1.29, 1.82) is 0 Å². The Kier molecular flexibility index (Phi) is 4.92. The van der Waals surface area contributed by atoms with Crippen molar-refractivity contribution in [3.63, 3.8) is 0 Å². The molecule has 0 saturated carbocycles. The number of halogens is 3. The molecular formula is C18H14F3N3O2. The van der Waals surface area contributed by atoms with E-state index >= 15 is 0 Å². The predicted octanol–water partition coefficient (Wildman–Crippen LogP) is 3.62. The van der Waals surface area contributed by atoms with E-state index in [1.165, 1.54) is 6.92 Å². The molecule has 0 aliphatic carbocycles. The lowest BCUT2D eigenvalue weighted by molar-refractivity contribution is -0.118. The standard InChI is InChI=1S/C18H14F3N3O2/c1-11-15(8-14(19)18(21)17(11)20)23-16(25)9-26-13-4-2-12(3-5-13)24-7-6-22-10-24/h2-8,10H,9H2,1H3,(H,23,25). The second-order valence-corrected chi connectivity index (χ2v) is 5.46. The molecule has 26 heavy (non-hydrogen) atoms. The van der Waals surface area contributed by atoms with Crippen molar-refractivity contribution in [3.8, 4) is 11.4 Å². The number of hydrogen-bond donors (Lipinski definition) is 1. The molecule has 1 aromatic heterocycles. The van der Waals surface area contributed by atoms with Crippen LogP contribution in [0.4, 0.5) is 18.9 Å². The van der Waals surface area contributed by atoms with Crippen molar-refractivity contribution in [3.05, 3.63) is 72.1 Å². The van der Waals surface area contributed by atoms with Gasteiger partial charge in [0, 0.05) is 35.4 Å². The summed E-state index contributed by atoms with van der Waals surface area (Å²) in [7, 11) is 0. The number of aromatic nitrogens is 2. The minimum absolute atomic E-state index is 0.148. The van der Waals surface area contributed by atoms with Crippen molar-refractivity contribution >= 4 is 11.6 Å². The van der Waals surface area contributed by atoms with Crippen LogP contribution in [0.5, 0.6) is 5.75 Å². The second-order valence-electron chi connectivity index (χ2n) is 5.46. The maximum atomic E-state index is 13.5. The summed E-state index contributed by atoms with van der Waals surface area (Å²) in [5.74, 6) is -4.47. The Labute approximate surface area is 147 Å². The summed E-state index contributed by atoms with van der Waals surface area (Å²) < 4.78 is 47.0. The van der Waals surface area contributed by atoms with Crippen LogP contribution in [0.15, 0.2) is 49.1 Å². The van der Waals surface area contributed by atoms with Gasteiger partial charge in [-0.25, -0.2) is 18.2 Å². The smallest absolute Gasteiger partial charge is 0.262 e. The lowest BCUT2D eigenvalue weighted by Crippen LogP contribution is -2.21. The molecule has 0 unspecified atom stereocenters. The molecule has 3 aromatic rings. The minimum Gasteiger partial charge on any atom is -0.484 e. The van der Waals surface area contributed by atoms with Crippen LogP contribution in [0.2, 0.25) is 0 Å². The number of ether oxygens (including phenoxy) is 1. The number of nitrogens with zero attached hydrogens (tertiary/aromatic N) is 2. The molecule has 0 aliphatic heterocycles. The highest BCUT2D eigenvalue weighted by Gasteiger charge is 2.17. The molecule has 0 radical (unpaired) electrons. The van der Waals surface area contributed by atoms with E-state index in [1.54, 1.807) is 47.6 Å². The molecule has 0 bridgehead atoms. The fraction of sp³-hybridized carbons (Fsp3) is 0.111. The van der Waals surface area contributed by atoms with Gasteiger partial charge in [-0.15, -0.1) is 0 Å². The van der Waals surface area contributed by atoms with Gasteiger partial charge in [0.1, 0.15) is 5.75 Å². The third-order valence-corrected chi connectivity index (χ3v) is 3.69. The molecule has 0 fully saturated rings. The number of anilines is 1. The Bertz CT molecular complexity index is 926. The van der Waals surface area contributed by atoms with E-state index in [1.807, 2.05) is 0 Å². The summed E-state index contributed by atoms with van der Waals surface area (Å²) >= 11 is 0. The Balaban J connectivity index is 1.61. The molecule has 134 valence electrons. The van der Waals surface area contributed by atoms with E-state index in [0.29, 0.717) is 5.75 Å². The highest BCUT2D eigenvalue weighted by molar-refractivity contribution is 5.92. The average molecular weight is 361 g/mol. The van der Waals surface area contributed by atoms with Crippen molar-refractivity contribution in [2.45, 2.75) is 6.92 Å². The van der Waals surface area contributed by atoms with Gasteiger partial charge in [-0.05, 0) is 31.2 Å². The quantitative estimate of drug-likeness (QED) is 0.707. The fourth-order valence-electron chi connectivity index (χ4n) is 2.28. The zero-order valence-electron chi connectivity index (χ0n) is 13.7. The monoisotopic (exact) mass is 361 g/mol. The molecule has 5 nitrogen and oxygen atoms in total. The van der Waals surface area contributed by atoms with Crippen molar-refractivity contribution in [1.82, 2.24) is 9.55 Å². The predicted molar refractivity (Wildman–Crippen MR) is 88.7 cm³/mol. The van der Waals surface area contributed by atoms with Gasteiger partial charge in [0.25, 0.3) is 5.91 Å². The van der Waals surface area contributed by atoms with Crippen LogP contribution in [0.25, 0.3) is 5.69 Å². The van der Waals surface area contributed by atoms with Gasteiger partial charge in [0.15, 0.2) is 24.1 Å². The van der Waals surface area contributed by atoms with Gasteiger partial charge >= 0.3 is 0 Å². The lowest BCUT2D eigenvalue weighted by Gasteiger charge is -2.11. The Morgan fingerprint density at radius 2 is 1.92 bits per heavy atom. The maximum Gasteiger partial charge on any atom is 0.262 e. The summed E-state index contributed by atoms with van der Waals surface area (Å²) in [6.07, 6.45) is 5.08. The summed E-state index contributed by atoms with van der Waals surface area (Å²) in [4.78, 5) is 15.9. The van der Waals surface area contributed by atoms with Gasteiger partial charge < -0.3 is 14.6 Å². The van der Waals surface area contributed by atoms with Crippen molar-refractivity contribution in [2.75, 3.05) is 11.9 Å². The zero-order valence-corrected chi connectivity index (χ0v) is 13.7. The summed E-state index contributed by atoms with van der Waals surface area (Å²) in [5.41, 5.74) is 0.527. The van der Waals surface area contributed by atoms with Gasteiger partial charge in [-0.1, -0.05) is 0 Å². The van der Waals surface area contributed by atoms with E-state index in [4.69, 9.17) is 4.74 Å². The van der Waals surface area contributed by atoms with E-state index < -0.39 is 23.4 Å². The van der Waals surface area contributed by atoms with Crippen LogP contribution in [0.3, 0.4) is 0 Å². The number of rotatable bonds is 5. The molecular weight excluding hydrogens is 347 g/mol. The number of benzene rings is 2. The molecule has 0 atom stereocenters. The summed E-state index contributed by atoms with van der Waals surface area (Å²) in [6.45, 7) is 0.869. The van der Waals surface area contributed by atoms with E-state index in [9.17, 15) is 18.0 Å². The van der Waals surface area contributed by atoms with Crippen LogP contribution in [-0.4, -0.2) is 22.1 Å². The minimum atomic E-state index is -1.57. The zero-order chi connectivity index (χ0) is 18.7. The topological polar surface area (TPSA) is 56.1 Å². The third kappa shape index (κ3) is 3.69. The number of carbonyl (C=O) groups excluding carboxylic acids is 1. The number of carbonyl (C=O) groups is 1. The van der Waals surface area contributed by atoms with Crippen LogP contribution in [-0.2, 0) is 4.79 Å². The molecule has 0 spiro atoms. The molecule has 1 amide bonds. The van der Waals surface area contributed by atoms with Gasteiger partial charge in [-0.2, -0.15) is 0 Å². The summed E-state index contributed by atoms with van der Waals surface area (Å²) in [5, 5.41) is 2.30. The third-order valence-electron chi connectivity index (χ3n) is 3.69. The number of amides is 1. The van der Waals surface area contributed by atoms with Crippen LogP contribution >= 0.6 is 0 Å². The molecule has 3 rings (SSSR count). The van der Waals surface area contributed by atoms with Crippen LogP contribution < -0.4 is 10.1 Å². The first kappa shape index (κ1) is 17.5. The van der Waals surface area contributed by atoms with E-state index in [2.05, 4.69) is 10.3 Å². The van der Waals surface area contributed by atoms with E-state index in [-0.39, 0.29) is 17.9 Å². The highest BCUT2D eigenvalue weighted by atomic mass is 19.2. The first-order valence-corrected chi connectivity index (χ1v) is 7.61.